The van der Waals surface area contributed by atoms with E-state index in [9.17, 15) is 9.59 Å². The second-order valence-electron chi connectivity index (χ2n) is 15.0. The standard InChI is InChI=1S/C53H44N4O4/c1-53(2,39-17-33-49(34-18-39)60-47-29-13-37(14-30-47)51(58)56-45-25-21-43(22-26-45)54-41-9-5-3-6-10-41)40-19-35-50(36-20-40)61-48-31-15-38(16-32-48)52(59)57-46-27-23-44(24-28-46)55-42-11-7-4-8-12-42/h3-36,54-55H,1-2H3,(H,56,58)(H,57,59). The highest BCUT2D eigenvalue weighted by Crippen LogP contribution is 2.35. The van der Waals surface area contributed by atoms with Gasteiger partial charge < -0.3 is 30.7 Å². The summed E-state index contributed by atoms with van der Waals surface area (Å²) in [5, 5.41) is 12.6. The minimum absolute atomic E-state index is 0.201. The lowest BCUT2D eigenvalue weighted by molar-refractivity contribution is 0.101. The summed E-state index contributed by atoms with van der Waals surface area (Å²) < 4.78 is 12.3. The Kier molecular flexibility index (Phi) is 11.9. The Labute approximate surface area is 355 Å². The summed E-state index contributed by atoms with van der Waals surface area (Å²) in [4.78, 5) is 25.9. The monoisotopic (exact) mass is 800 g/mol. The van der Waals surface area contributed by atoms with E-state index in [-0.39, 0.29) is 17.2 Å². The van der Waals surface area contributed by atoms with Crippen molar-refractivity contribution in [3.63, 3.8) is 0 Å². The zero-order valence-electron chi connectivity index (χ0n) is 33.8. The number of rotatable bonds is 14. The summed E-state index contributed by atoms with van der Waals surface area (Å²) in [6, 6.07) is 65.3. The first-order valence-electron chi connectivity index (χ1n) is 20.0. The quantitative estimate of drug-likeness (QED) is 0.0874. The molecule has 61 heavy (non-hydrogen) atoms. The SMILES string of the molecule is CC(C)(c1ccc(Oc2ccc(C(=O)Nc3ccc(Nc4ccccc4)cc3)cc2)cc1)c1ccc(Oc2ccc(C(=O)Nc3ccc(Nc4ccccc4)cc3)cc2)cc1. The number of hydrogen-bond donors (Lipinski definition) is 4. The summed E-state index contributed by atoms with van der Waals surface area (Å²) in [5.41, 5.74) is 8.28. The van der Waals surface area contributed by atoms with Crippen molar-refractivity contribution in [2.24, 2.45) is 0 Å². The van der Waals surface area contributed by atoms with Crippen LogP contribution in [0.3, 0.4) is 0 Å². The topological polar surface area (TPSA) is 101 Å². The maximum atomic E-state index is 12.9. The van der Waals surface area contributed by atoms with Crippen LogP contribution in [0.1, 0.15) is 45.7 Å². The fraction of sp³-hybridized carbons (Fsp3) is 0.0566. The van der Waals surface area contributed by atoms with E-state index in [0.29, 0.717) is 45.5 Å². The molecule has 8 aromatic carbocycles. The molecule has 0 atom stereocenters. The number of hydrogen-bond acceptors (Lipinski definition) is 6. The number of anilines is 6. The predicted molar refractivity (Wildman–Crippen MR) is 246 cm³/mol. The van der Waals surface area contributed by atoms with Gasteiger partial charge in [0, 0.05) is 50.7 Å². The molecule has 8 nitrogen and oxygen atoms in total. The smallest absolute Gasteiger partial charge is 0.255 e. The maximum Gasteiger partial charge on any atom is 0.255 e. The first kappa shape index (κ1) is 39.7. The lowest BCUT2D eigenvalue weighted by Gasteiger charge is -2.26. The first-order valence-corrected chi connectivity index (χ1v) is 20.0. The molecule has 0 spiro atoms. The number of carbonyl (C=O) groups is 2. The minimum atomic E-state index is -0.293. The van der Waals surface area contributed by atoms with Crippen LogP contribution in [0, 0.1) is 0 Å². The van der Waals surface area contributed by atoms with Gasteiger partial charge in [-0.05, 0) is 157 Å². The fourth-order valence-corrected chi connectivity index (χ4v) is 6.72. The van der Waals surface area contributed by atoms with Crippen LogP contribution in [0.4, 0.5) is 34.1 Å². The third kappa shape index (κ3) is 10.3. The lowest BCUT2D eigenvalue weighted by atomic mass is 9.78. The van der Waals surface area contributed by atoms with Gasteiger partial charge in [-0.1, -0.05) is 74.5 Å². The molecule has 0 heterocycles. The average Bonchev–Trinajstić information content (AvgIpc) is 3.29. The molecule has 0 aliphatic rings. The average molecular weight is 801 g/mol. The number of nitrogens with one attached hydrogen (secondary N) is 4. The summed E-state index contributed by atoms with van der Waals surface area (Å²) in [6.45, 7) is 4.36. The molecule has 0 radical (unpaired) electrons. The molecule has 4 N–H and O–H groups in total. The fourth-order valence-electron chi connectivity index (χ4n) is 6.72. The molecule has 8 rings (SSSR count). The molecule has 0 fully saturated rings. The van der Waals surface area contributed by atoms with Gasteiger partial charge in [0.1, 0.15) is 23.0 Å². The molecule has 0 aliphatic carbocycles. The third-order valence-corrected chi connectivity index (χ3v) is 10.3. The Hall–Kier alpha value is -8.10. The number of carbonyl (C=O) groups excluding carboxylic acids is 2. The van der Waals surface area contributed by atoms with Crippen LogP contribution >= 0.6 is 0 Å². The lowest BCUT2D eigenvalue weighted by Crippen LogP contribution is -2.18. The van der Waals surface area contributed by atoms with Gasteiger partial charge in [0.05, 0.1) is 0 Å². The molecule has 0 aliphatic heterocycles. The van der Waals surface area contributed by atoms with Crippen LogP contribution in [0.15, 0.2) is 206 Å². The Balaban J connectivity index is 0.808. The van der Waals surface area contributed by atoms with E-state index in [1.807, 2.05) is 133 Å². The number of amides is 2. The zero-order valence-corrected chi connectivity index (χ0v) is 33.8. The van der Waals surface area contributed by atoms with Crippen LogP contribution in [0.25, 0.3) is 0 Å². The first-order chi connectivity index (χ1) is 29.7. The van der Waals surface area contributed by atoms with E-state index in [0.717, 1.165) is 33.9 Å². The molecule has 8 heteroatoms. The van der Waals surface area contributed by atoms with E-state index >= 15 is 0 Å². The van der Waals surface area contributed by atoms with Gasteiger partial charge in [0.2, 0.25) is 0 Å². The van der Waals surface area contributed by atoms with Crippen molar-refractivity contribution < 1.29 is 19.1 Å². The Morgan fingerprint density at radius 1 is 0.344 bits per heavy atom. The van der Waals surface area contributed by atoms with Crippen molar-refractivity contribution in [2.75, 3.05) is 21.3 Å². The molecule has 0 unspecified atom stereocenters. The van der Waals surface area contributed by atoms with Crippen molar-refractivity contribution in [1.82, 2.24) is 0 Å². The highest BCUT2D eigenvalue weighted by atomic mass is 16.5. The largest absolute Gasteiger partial charge is 0.457 e. The van der Waals surface area contributed by atoms with E-state index in [1.54, 1.807) is 48.5 Å². The summed E-state index contributed by atoms with van der Waals surface area (Å²) in [7, 11) is 0. The molecule has 0 bridgehead atoms. The van der Waals surface area contributed by atoms with Gasteiger partial charge in [-0.25, -0.2) is 0 Å². The van der Waals surface area contributed by atoms with E-state index in [1.165, 1.54) is 0 Å². The number of benzene rings is 8. The Morgan fingerprint density at radius 2 is 0.623 bits per heavy atom. The van der Waals surface area contributed by atoms with E-state index < -0.39 is 0 Å². The normalized spacial score (nSPS) is 10.9. The molecule has 0 saturated heterocycles. The summed E-state index contributed by atoms with van der Waals surface area (Å²) in [6.07, 6.45) is 0. The van der Waals surface area contributed by atoms with Crippen LogP contribution < -0.4 is 30.7 Å². The minimum Gasteiger partial charge on any atom is -0.457 e. The molecule has 2 amide bonds. The molecular formula is C53H44N4O4. The Bertz CT molecular complexity index is 2500. The van der Waals surface area contributed by atoms with Crippen molar-refractivity contribution in [3.8, 4) is 23.0 Å². The molecule has 0 saturated carbocycles. The van der Waals surface area contributed by atoms with Crippen molar-refractivity contribution >= 4 is 45.9 Å². The van der Waals surface area contributed by atoms with Crippen LogP contribution in [-0.4, -0.2) is 11.8 Å². The highest BCUT2D eigenvalue weighted by molar-refractivity contribution is 6.05. The predicted octanol–water partition coefficient (Wildman–Crippen LogP) is 13.6. The summed E-state index contributed by atoms with van der Waals surface area (Å²) >= 11 is 0. The van der Waals surface area contributed by atoms with Crippen molar-refractivity contribution in [1.29, 1.82) is 0 Å². The molecular weight excluding hydrogens is 757 g/mol. The second kappa shape index (κ2) is 18.2. The van der Waals surface area contributed by atoms with Gasteiger partial charge in [0.15, 0.2) is 0 Å². The van der Waals surface area contributed by atoms with Gasteiger partial charge in [0.25, 0.3) is 11.8 Å². The van der Waals surface area contributed by atoms with Crippen LogP contribution in [0.5, 0.6) is 23.0 Å². The van der Waals surface area contributed by atoms with Gasteiger partial charge in [-0.3, -0.25) is 9.59 Å². The van der Waals surface area contributed by atoms with Gasteiger partial charge in [-0.2, -0.15) is 0 Å². The Morgan fingerprint density at radius 3 is 0.951 bits per heavy atom. The maximum absolute atomic E-state index is 12.9. The van der Waals surface area contributed by atoms with Crippen molar-refractivity contribution in [3.05, 3.63) is 229 Å². The van der Waals surface area contributed by atoms with Gasteiger partial charge >= 0.3 is 0 Å². The number of para-hydroxylation sites is 2. The third-order valence-electron chi connectivity index (χ3n) is 10.3. The molecule has 8 aromatic rings. The zero-order chi connectivity index (χ0) is 42.0. The summed E-state index contributed by atoms with van der Waals surface area (Å²) in [5.74, 6) is 2.25. The van der Waals surface area contributed by atoms with E-state index in [4.69, 9.17) is 9.47 Å². The van der Waals surface area contributed by atoms with E-state index in [2.05, 4.69) is 59.4 Å². The number of ether oxygens (including phenoxy) is 2. The molecule has 0 aromatic heterocycles. The van der Waals surface area contributed by atoms with Crippen molar-refractivity contribution in [2.45, 2.75) is 19.3 Å². The second-order valence-corrected chi connectivity index (χ2v) is 15.0. The van der Waals surface area contributed by atoms with Gasteiger partial charge in [-0.15, -0.1) is 0 Å². The van der Waals surface area contributed by atoms with Crippen LogP contribution in [0.2, 0.25) is 0 Å². The van der Waals surface area contributed by atoms with Crippen LogP contribution in [-0.2, 0) is 5.41 Å². The highest BCUT2D eigenvalue weighted by Gasteiger charge is 2.23. The molecule has 300 valence electrons.